The number of rotatable bonds is 2. The van der Waals surface area contributed by atoms with Gasteiger partial charge in [-0.3, -0.25) is 0 Å². The molecule has 0 aromatic carbocycles. The first-order chi connectivity index (χ1) is 4.15. The molecule has 0 saturated heterocycles. The maximum atomic E-state index is 11.3. The van der Waals surface area contributed by atoms with Gasteiger partial charge in [-0.25, -0.2) is 4.44 Å². The van der Waals surface area contributed by atoms with E-state index in [1.54, 1.807) is 33.7 Å². The highest BCUT2D eigenvalue weighted by Gasteiger charge is 2.24. The molecule has 3 nitrogen and oxygen atoms in total. The van der Waals surface area contributed by atoms with Crippen LogP contribution in [-0.2, 0) is 9.13 Å². The quantitative estimate of drug-likeness (QED) is 0.614. The van der Waals surface area contributed by atoms with Gasteiger partial charge < -0.3 is 9.13 Å². The van der Waals surface area contributed by atoms with Gasteiger partial charge in [-0.2, -0.15) is 0 Å². The summed E-state index contributed by atoms with van der Waals surface area (Å²) in [5.41, 5.74) is 0. The first kappa shape index (κ1) is 10.4. The molecule has 0 N–H and O–H groups in total. The van der Waals surface area contributed by atoms with Gasteiger partial charge in [-0.05, 0) is 0 Å². The molecular weight excluding hydrogens is 168 g/mol. The van der Waals surface area contributed by atoms with Crippen molar-refractivity contribution in [2.24, 2.45) is 0 Å². The van der Waals surface area contributed by atoms with Gasteiger partial charge >= 0.3 is 0 Å². The van der Waals surface area contributed by atoms with Gasteiger partial charge in [0.2, 0.25) is 0 Å². The molecule has 10 heavy (non-hydrogen) atoms. The van der Waals surface area contributed by atoms with Crippen molar-refractivity contribution in [1.82, 2.24) is 4.44 Å². The maximum Gasteiger partial charge on any atom is 0.149 e. The van der Waals surface area contributed by atoms with Gasteiger partial charge in [0.05, 0.1) is 0 Å². The van der Waals surface area contributed by atoms with Crippen molar-refractivity contribution in [2.45, 2.75) is 0 Å². The largest absolute Gasteiger partial charge is 0.307 e. The van der Waals surface area contributed by atoms with Crippen LogP contribution in [-0.4, -0.2) is 38.1 Å². The Morgan fingerprint density at radius 3 is 1.10 bits per heavy atom. The molecule has 0 spiro atoms. The zero-order valence-corrected chi connectivity index (χ0v) is 8.95. The minimum atomic E-state index is -2.31. The molecule has 0 rings (SSSR count). The van der Waals surface area contributed by atoms with E-state index < -0.39 is 14.6 Å². The minimum Gasteiger partial charge on any atom is -0.307 e. The maximum absolute atomic E-state index is 11.3. The van der Waals surface area contributed by atoms with Gasteiger partial charge in [0, 0.05) is 33.7 Å². The molecule has 0 aliphatic carbocycles. The van der Waals surface area contributed by atoms with Crippen LogP contribution in [0.15, 0.2) is 0 Å². The van der Waals surface area contributed by atoms with Crippen molar-refractivity contribution in [1.29, 1.82) is 0 Å². The first-order valence-corrected chi connectivity index (χ1v) is 8.11. The third-order valence-corrected chi connectivity index (χ3v) is 6.77. The predicted molar refractivity (Wildman–Crippen MR) is 46.7 cm³/mol. The van der Waals surface area contributed by atoms with E-state index in [2.05, 4.69) is 0 Å². The Labute approximate surface area is 62.7 Å². The molecule has 0 aromatic rings. The smallest absolute Gasteiger partial charge is 0.149 e. The average Bonchev–Trinajstić information content (AvgIpc) is 1.59. The highest BCUT2D eigenvalue weighted by molar-refractivity contribution is 7.74. The van der Waals surface area contributed by atoms with Crippen LogP contribution in [0, 0.1) is 0 Å². The van der Waals surface area contributed by atoms with Crippen molar-refractivity contribution < 1.29 is 9.13 Å². The third-order valence-electron chi connectivity index (χ3n) is 1.39. The van der Waals surface area contributed by atoms with E-state index in [4.69, 9.17) is 0 Å². The lowest BCUT2D eigenvalue weighted by Crippen LogP contribution is -2.08. The van der Waals surface area contributed by atoms with Crippen molar-refractivity contribution in [3.8, 4) is 0 Å². The molecular formula is C5H15NO2P2. The molecule has 0 unspecified atom stereocenters. The lowest BCUT2D eigenvalue weighted by molar-refractivity contribution is 0.530. The van der Waals surface area contributed by atoms with Gasteiger partial charge in [-0.1, -0.05) is 0 Å². The van der Waals surface area contributed by atoms with E-state index in [9.17, 15) is 9.13 Å². The summed E-state index contributed by atoms with van der Waals surface area (Å²) in [6, 6.07) is 0. The SMILES string of the molecule is CN(P(C)(C)=O)P(C)(C)=O. The summed E-state index contributed by atoms with van der Waals surface area (Å²) >= 11 is 0. The molecule has 0 aromatic heterocycles. The number of hydrogen-bond donors (Lipinski definition) is 0. The molecule has 0 atom stereocenters. The Balaban J connectivity index is 4.56. The van der Waals surface area contributed by atoms with Gasteiger partial charge in [0.1, 0.15) is 14.6 Å². The first-order valence-electron chi connectivity index (χ1n) is 3.00. The Bertz CT molecular complexity index is 180. The summed E-state index contributed by atoms with van der Waals surface area (Å²) in [7, 11) is -2.98. The van der Waals surface area contributed by atoms with E-state index in [1.165, 1.54) is 4.44 Å². The lowest BCUT2D eigenvalue weighted by atomic mass is 11.6. The fourth-order valence-electron chi connectivity index (χ4n) is 0.519. The van der Waals surface area contributed by atoms with E-state index in [1.807, 2.05) is 0 Å². The summed E-state index contributed by atoms with van der Waals surface area (Å²) in [5, 5.41) is 0. The Morgan fingerprint density at radius 1 is 0.900 bits per heavy atom. The predicted octanol–water partition coefficient (Wildman–Crippen LogP) is 1.99. The summed E-state index contributed by atoms with van der Waals surface area (Å²) in [4.78, 5) is 0. The second kappa shape index (κ2) is 2.81. The molecule has 0 radical (unpaired) electrons. The Kier molecular flexibility index (Phi) is 2.93. The number of hydrogen-bond acceptors (Lipinski definition) is 2. The second-order valence-electron chi connectivity index (χ2n) is 3.08. The zero-order valence-electron chi connectivity index (χ0n) is 7.16. The monoisotopic (exact) mass is 183 g/mol. The Morgan fingerprint density at radius 2 is 1.10 bits per heavy atom. The molecule has 0 aliphatic rings. The van der Waals surface area contributed by atoms with Crippen molar-refractivity contribution in [2.75, 3.05) is 33.7 Å². The van der Waals surface area contributed by atoms with Crippen LogP contribution in [0.5, 0.6) is 0 Å². The summed E-state index contributed by atoms with van der Waals surface area (Å²) in [6.45, 7) is 6.47. The van der Waals surface area contributed by atoms with Crippen molar-refractivity contribution in [3.05, 3.63) is 0 Å². The summed E-state index contributed by atoms with van der Waals surface area (Å²) < 4.78 is 24.1. The van der Waals surface area contributed by atoms with Crippen LogP contribution in [0.3, 0.4) is 0 Å². The van der Waals surface area contributed by atoms with E-state index in [-0.39, 0.29) is 0 Å². The molecule has 0 fully saturated rings. The Hall–Kier alpha value is 0.420. The highest BCUT2D eigenvalue weighted by Crippen LogP contribution is 2.57. The molecule has 0 aliphatic heterocycles. The normalized spacial score (nSPS) is 14.2. The molecule has 0 bridgehead atoms. The standard InChI is InChI=1S/C5H15NO2P2/c1-6(9(2,3)7)10(4,5)8/h1-5H3. The van der Waals surface area contributed by atoms with Crippen LogP contribution in [0.2, 0.25) is 0 Å². The highest BCUT2D eigenvalue weighted by atomic mass is 31.2. The van der Waals surface area contributed by atoms with E-state index in [0.717, 1.165) is 0 Å². The molecule has 0 heterocycles. The van der Waals surface area contributed by atoms with E-state index >= 15 is 0 Å². The summed E-state index contributed by atoms with van der Waals surface area (Å²) in [5.74, 6) is 0. The van der Waals surface area contributed by atoms with Crippen LogP contribution in [0.1, 0.15) is 0 Å². The van der Waals surface area contributed by atoms with E-state index in [0.29, 0.717) is 0 Å². The molecule has 62 valence electrons. The molecule has 0 saturated carbocycles. The minimum absolute atomic E-state index is 1.49. The van der Waals surface area contributed by atoms with Crippen LogP contribution < -0.4 is 0 Å². The van der Waals surface area contributed by atoms with Gasteiger partial charge in [0.15, 0.2) is 0 Å². The topological polar surface area (TPSA) is 37.4 Å². The third kappa shape index (κ3) is 3.01. The van der Waals surface area contributed by atoms with Crippen molar-refractivity contribution >= 4 is 14.6 Å². The lowest BCUT2D eigenvalue weighted by Gasteiger charge is -2.25. The average molecular weight is 183 g/mol. The van der Waals surface area contributed by atoms with Crippen molar-refractivity contribution in [3.63, 3.8) is 0 Å². The second-order valence-corrected chi connectivity index (χ2v) is 9.77. The zero-order chi connectivity index (χ0) is 8.58. The van der Waals surface area contributed by atoms with Crippen LogP contribution >= 0.6 is 14.6 Å². The molecule has 0 amide bonds. The summed E-state index contributed by atoms with van der Waals surface area (Å²) in [6.07, 6.45) is 0. The number of nitrogens with zero attached hydrogens (tertiary/aromatic N) is 1. The van der Waals surface area contributed by atoms with Crippen LogP contribution in [0.25, 0.3) is 0 Å². The van der Waals surface area contributed by atoms with Gasteiger partial charge in [-0.15, -0.1) is 0 Å². The molecule has 5 heteroatoms. The fourth-order valence-corrected chi connectivity index (χ4v) is 4.67. The van der Waals surface area contributed by atoms with Gasteiger partial charge in [0.25, 0.3) is 0 Å². The van der Waals surface area contributed by atoms with Crippen LogP contribution in [0.4, 0.5) is 0 Å². The fraction of sp³-hybridized carbons (Fsp3) is 1.00.